The predicted octanol–water partition coefficient (Wildman–Crippen LogP) is 1.91. The Kier molecular flexibility index (Phi) is 6.88. The third-order valence-electron chi connectivity index (χ3n) is 3.25. The average molecular weight is 408 g/mol. The molecular formula is C17H14ClN3O7. The second kappa shape index (κ2) is 9.33. The Balaban J connectivity index is 2.00. The van der Waals surface area contributed by atoms with Crippen molar-refractivity contribution in [2.75, 3.05) is 18.5 Å². The SMILES string of the molecule is NC(=O)COc1ccccc1C(=O)OCC(=O)Nc1cc([N+](=O)[O-])ccc1Cl. The highest BCUT2D eigenvalue weighted by Crippen LogP contribution is 2.26. The van der Waals surface area contributed by atoms with Crippen molar-refractivity contribution in [3.63, 3.8) is 0 Å². The number of nitro groups is 1. The van der Waals surface area contributed by atoms with Crippen LogP contribution < -0.4 is 15.8 Å². The first kappa shape index (κ1) is 20.6. The molecule has 2 amide bonds. The number of para-hydroxylation sites is 1. The van der Waals surface area contributed by atoms with Crippen molar-refractivity contribution in [1.29, 1.82) is 0 Å². The van der Waals surface area contributed by atoms with Gasteiger partial charge in [0.1, 0.15) is 11.3 Å². The van der Waals surface area contributed by atoms with E-state index in [-0.39, 0.29) is 27.7 Å². The number of carbonyl (C=O) groups is 3. The lowest BCUT2D eigenvalue weighted by Gasteiger charge is -2.11. The first-order chi connectivity index (χ1) is 13.3. The Hall–Kier alpha value is -3.66. The van der Waals surface area contributed by atoms with Gasteiger partial charge in [-0.25, -0.2) is 4.79 Å². The van der Waals surface area contributed by atoms with Crippen LogP contribution in [0.3, 0.4) is 0 Å². The number of primary amides is 1. The Labute approximate surface area is 163 Å². The van der Waals surface area contributed by atoms with Crippen LogP contribution in [-0.4, -0.2) is 35.9 Å². The number of benzene rings is 2. The molecule has 0 spiro atoms. The Morgan fingerprint density at radius 1 is 1.14 bits per heavy atom. The van der Waals surface area contributed by atoms with E-state index in [0.29, 0.717) is 0 Å². The minimum absolute atomic E-state index is 0.00195. The predicted molar refractivity (Wildman–Crippen MR) is 98.2 cm³/mol. The van der Waals surface area contributed by atoms with Gasteiger partial charge < -0.3 is 20.5 Å². The Morgan fingerprint density at radius 2 is 1.86 bits per heavy atom. The van der Waals surface area contributed by atoms with Gasteiger partial charge in [0, 0.05) is 12.1 Å². The molecule has 28 heavy (non-hydrogen) atoms. The van der Waals surface area contributed by atoms with Crippen molar-refractivity contribution < 1.29 is 28.8 Å². The summed E-state index contributed by atoms with van der Waals surface area (Å²) < 4.78 is 10.0. The number of ether oxygens (including phenoxy) is 2. The number of nitrogens with one attached hydrogen (secondary N) is 1. The number of nitro benzene ring substituents is 1. The van der Waals surface area contributed by atoms with Gasteiger partial charge in [-0.2, -0.15) is 0 Å². The maximum absolute atomic E-state index is 12.2. The van der Waals surface area contributed by atoms with Gasteiger partial charge in [-0.1, -0.05) is 23.7 Å². The second-order valence-electron chi connectivity index (χ2n) is 5.30. The number of hydrogen-bond acceptors (Lipinski definition) is 7. The molecule has 2 aromatic rings. The van der Waals surface area contributed by atoms with E-state index in [1.807, 2.05) is 0 Å². The first-order valence-electron chi connectivity index (χ1n) is 7.69. The van der Waals surface area contributed by atoms with Crippen molar-refractivity contribution in [2.45, 2.75) is 0 Å². The molecule has 0 unspecified atom stereocenters. The molecule has 0 fully saturated rings. The molecule has 0 heterocycles. The van der Waals surface area contributed by atoms with E-state index in [1.54, 1.807) is 6.07 Å². The molecule has 2 aromatic carbocycles. The molecule has 0 saturated heterocycles. The largest absolute Gasteiger partial charge is 0.483 e. The minimum Gasteiger partial charge on any atom is -0.483 e. The van der Waals surface area contributed by atoms with Gasteiger partial charge in [-0.3, -0.25) is 19.7 Å². The van der Waals surface area contributed by atoms with Gasteiger partial charge in [-0.05, 0) is 18.2 Å². The Bertz CT molecular complexity index is 933. The van der Waals surface area contributed by atoms with Crippen LogP contribution in [-0.2, 0) is 14.3 Å². The average Bonchev–Trinajstić information content (AvgIpc) is 2.66. The molecule has 0 aliphatic carbocycles. The third kappa shape index (κ3) is 5.68. The summed E-state index contributed by atoms with van der Waals surface area (Å²) in [6.07, 6.45) is 0. The fraction of sp³-hybridized carbons (Fsp3) is 0.118. The minimum atomic E-state index is -0.875. The fourth-order valence-corrected chi connectivity index (χ4v) is 2.19. The van der Waals surface area contributed by atoms with Crippen molar-refractivity contribution in [3.05, 3.63) is 63.2 Å². The molecule has 0 aliphatic heterocycles. The number of non-ortho nitro benzene ring substituents is 1. The number of nitrogens with two attached hydrogens (primary N) is 1. The van der Waals surface area contributed by atoms with E-state index in [2.05, 4.69) is 5.32 Å². The normalized spacial score (nSPS) is 10.0. The van der Waals surface area contributed by atoms with Crippen LogP contribution in [0.15, 0.2) is 42.5 Å². The van der Waals surface area contributed by atoms with Crippen LogP contribution in [0, 0.1) is 10.1 Å². The monoisotopic (exact) mass is 407 g/mol. The molecule has 2 rings (SSSR count). The van der Waals surface area contributed by atoms with Crippen molar-refractivity contribution >= 4 is 40.8 Å². The summed E-state index contributed by atoms with van der Waals surface area (Å²) in [5, 5.41) is 13.2. The smallest absolute Gasteiger partial charge is 0.342 e. The second-order valence-corrected chi connectivity index (χ2v) is 5.70. The summed E-state index contributed by atoms with van der Waals surface area (Å²) in [7, 11) is 0. The van der Waals surface area contributed by atoms with E-state index in [4.69, 9.17) is 26.8 Å². The van der Waals surface area contributed by atoms with Crippen molar-refractivity contribution in [3.8, 4) is 5.75 Å². The van der Waals surface area contributed by atoms with E-state index in [9.17, 15) is 24.5 Å². The zero-order valence-electron chi connectivity index (χ0n) is 14.2. The molecule has 0 aliphatic rings. The third-order valence-corrected chi connectivity index (χ3v) is 3.58. The summed E-state index contributed by atoms with van der Waals surface area (Å²) in [5.41, 5.74) is 4.72. The molecule has 0 saturated carbocycles. The maximum Gasteiger partial charge on any atom is 0.342 e. The molecule has 3 N–H and O–H groups in total. The maximum atomic E-state index is 12.2. The number of hydrogen-bond donors (Lipinski definition) is 2. The van der Waals surface area contributed by atoms with Crippen LogP contribution in [0.4, 0.5) is 11.4 Å². The first-order valence-corrected chi connectivity index (χ1v) is 8.06. The summed E-state index contributed by atoms with van der Waals surface area (Å²) in [4.78, 5) is 45.1. The summed E-state index contributed by atoms with van der Waals surface area (Å²) in [6, 6.07) is 9.45. The molecule has 0 radical (unpaired) electrons. The van der Waals surface area contributed by atoms with Crippen LogP contribution in [0.2, 0.25) is 5.02 Å². The highest BCUT2D eigenvalue weighted by atomic mass is 35.5. The fourth-order valence-electron chi connectivity index (χ4n) is 2.03. The van der Waals surface area contributed by atoms with Crippen LogP contribution in [0.5, 0.6) is 5.75 Å². The van der Waals surface area contributed by atoms with Gasteiger partial charge in [0.05, 0.1) is 15.6 Å². The van der Waals surface area contributed by atoms with E-state index in [0.717, 1.165) is 6.07 Å². The van der Waals surface area contributed by atoms with Crippen LogP contribution in [0.1, 0.15) is 10.4 Å². The number of halogens is 1. The highest BCUT2D eigenvalue weighted by molar-refractivity contribution is 6.33. The summed E-state index contributed by atoms with van der Waals surface area (Å²) >= 11 is 5.89. The number of esters is 1. The lowest BCUT2D eigenvalue weighted by Crippen LogP contribution is -2.23. The topological polar surface area (TPSA) is 151 Å². The molecule has 146 valence electrons. The number of rotatable bonds is 8. The lowest BCUT2D eigenvalue weighted by molar-refractivity contribution is -0.384. The molecule has 0 aromatic heterocycles. The number of nitrogens with zero attached hydrogens (tertiary/aromatic N) is 1. The Morgan fingerprint density at radius 3 is 2.54 bits per heavy atom. The van der Waals surface area contributed by atoms with Crippen molar-refractivity contribution in [1.82, 2.24) is 0 Å². The standard InChI is InChI=1S/C17H14ClN3O7/c18-12-6-5-10(21(25)26)7-13(12)20-16(23)9-28-17(24)11-3-1-2-4-14(11)27-8-15(19)22/h1-7H,8-9H2,(H2,19,22)(H,20,23). The van der Waals surface area contributed by atoms with E-state index < -0.39 is 35.9 Å². The van der Waals surface area contributed by atoms with Gasteiger partial charge >= 0.3 is 5.97 Å². The van der Waals surface area contributed by atoms with Gasteiger partial charge in [0.2, 0.25) is 0 Å². The molecular weight excluding hydrogens is 394 g/mol. The van der Waals surface area contributed by atoms with Crippen LogP contribution in [0.25, 0.3) is 0 Å². The van der Waals surface area contributed by atoms with Crippen LogP contribution >= 0.6 is 11.6 Å². The lowest BCUT2D eigenvalue weighted by atomic mass is 10.2. The molecule has 0 bridgehead atoms. The summed E-state index contributed by atoms with van der Waals surface area (Å²) in [5.74, 6) is -2.29. The molecule has 11 heteroatoms. The van der Waals surface area contributed by atoms with E-state index >= 15 is 0 Å². The highest BCUT2D eigenvalue weighted by Gasteiger charge is 2.17. The zero-order valence-corrected chi connectivity index (χ0v) is 15.0. The quantitative estimate of drug-likeness (QED) is 0.385. The van der Waals surface area contributed by atoms with Gasteiger partial charge in [0.25, 0.3) is 17.5 Å². The number of anilines is 1. The molecule has 0 atom stereocenters. The van der Waals surface area contributed by atoms with Gasteiger partial charge in [-0.15, -0.1) is 0 Å². The van der Waals surface area contributed by atoms with Crippen molar-refractivity contribution in [2.24, 2.45) is 5.73 Å². The number of amides is 2. The van der Waals surface area contributed by atoms with E-state index in [1.165, 1.54) is 30.3 Å². The zero-order chi connectivity index (χ0) is 20.7. The summed E-state index contributed by atoms with van der Waals surface area (Å²) in [6.45, 7) is -1.11. The number of carbonyl (C=O) groups excluding carboxylic acids is 3. The molecule has 10 nitrogen and oxygen atoms in total. The van der Waals surface area contributed by atoms with Gasteiger partial charge in [0.15, 0.2) is 13.2 Å².